The average Bonchev–Trinajstić information content (AvgIpc) is 2.89. The second-order valence-corrected chi connectivity index (χ2v) is 8.55. The minimum absolute atomic E-state index is 0.0151. The minimum Gasteiger partial charge on any atom is -0.357 e. The van der Waals surface area contributed by atoms with Gasteiger partial charge in [-0.1, -0.05) is 19.8 Å². The van der Waals surface area contributed by atoms with Crippen LogP contribution in [-0.2, 0) is 14.6 Å². The summed E-state index contributed by atoms with van der Waals surface area (Å²) >= 11 is 5.30. The summed E-state index contributed by atoms with van der Waals surface area (Å²) in [6.07, 6.45) is 4.63. The number of unbranched alkanes of at least 4 members (excludes halogenated alkanes) is 3. The molecule has 6 nitrogen and oxygen atoms in total. The summed E-state index contributed by atoms with van der Waals surface area (Å²) in [6.45, 7) is 3.39. The first-order valence-corrected chi connectivity index (χ1v) is 10.2. The highest BCUT2D eigenvalue weighted by Gasteiger charge is 2.46. The summed E-state index contributed by atoms with van der Waals surface area (Å²) in [7, 11) is -2.92. The standard InChI is InChI=1S/C14H25N3O3S2/c1-2-13(18)15-7-5-3-4-6-8-17-12-10-22(19,20)9-11(12)16-14(17)21/h11-12H,2-10H2,1H3,(H,15,18)(H,16,21). The van der Waals surface area contributed by atoms with Crippen LogP contribution in [0.25, 0.3) is 0 Å². The predicted molar refractivity (Wildman–Crippen MR) is 90.4 cm³/mol. The first-order chi connectivity index (χ1) is 10.4. The molecule has 126 valence electrons. The Bertz CT molecular complexity index is 521. The summed E-state index contributed by atoms with van der Waals surface area (Å²) in [4.78, 5) is 13.1. The van der Waals surface area contributed by atoms with E-state index in [0.717, 1.165) is 38.8 Å². The highest BCUT2D eigenvalue weighted by atomic mass is 32.2. The fraction of sp³-hybridized carbons (Fsp3) is 0.857. The van der Waals surface area contributed by atoms with E-state index < -0.39 is 9.84 Å². The molecule has 2 N–H and O–H groups in total. The third-order valence-corrected chi connectivity index (χ3v) is 6.33. The van der Waals surface area contributed by atoms with Gasteiger partial charge < -0.3 is 15.5 Å². The largest absolute Gasteiger partial charge is 0.357 e. The normalized spacial score (nSPS) is 25.9. The van der Waals surface area contributed by atoms with Gasteiger partial charge in [-0.3, -0.25) is 4.79 Å². The van der Waals surface area contributed by atoms with Crippen LogP contribution >= 0.6 is 12.2 Å². The van der Waals surface area contributed by atoms with Gasteiger partial charge in [0, 0.05) is 19.5 Å². The number of thiocarbonyl (C=S) groups is 1. The Morgan fingerprint density at radius 3 is 2.77 bits per heavy atom. The van der Waals surface area contributed by atoms with E-state index in [-0.39, 0.29) is 29.5 Å². The highest BCUT2D eigenvalue weighted by Crippen LogP contribution is 2.24. The van der Waals surface area contributed by atoms with Crippen molar-refractivity contribution in [1.82, 2.24) is 15.5 Å². The molecule has 0 aromatic carbocycles. The van der Waals surface area contributed by atoms with Gasteiger partial charge in [0.15, 0.2) is 14.9 Å². The number of rotatable bonds is 8. The Hall–Kier alpha value is -0.890. The molecular formula is C14H25N3O3S2. The van der Waals surface area contributed by atoms with Crippen molar-refractivity contribution in [2.45, 2.75) is 51.1 Å². The molecule has 2 unspecified atom stereocenters. The smallest absolute Gasteiger partial charge is 0.219 e. The van der Waals surface area contributed by atoms with E-state index in [4.69, 9.17) is 12.2 Å². The quantitative estimate of drug-likeness (QED) is 0.490. The number of hydrogen-bond acceptors (Lipinski definition) is 4. The van der Waals surface area contributed by atoms with E-state index in [0.29, 0.717) is 11.5 Å². The second-order valence-electron chi connectivity index (χ2n) is 6.01. The highest BCUT2D eigenvalue weighted by molar-refractivity contribution is 7.91. The van der Waals surface area contributed by atoms with Gasteiger partial charge in [-0.2, -0.15) is 0 Å². The van der Waals surface area contributed by atoms with Gasteiger partial charge in [0.05, 0.1) is 23.6 Å². The lowest BCUT2D eigenvalue weighted by molar-refractivity contribution is -0.120. The molecule has 0 aliphatic carbocycles. The van der Waals surface area contributed by atoms with Gasteiger partial charge in [0.2, 0.25) is 5.91 Å². The Morgan fingerprint density at radius 1 is 1.32 bits per heavy atom. The van der Waals surface area contributed by atoms with Crippen LogP contribution < -0.4 is 10.6 Å². The molecule has 2 rings (SSSR count). The van der Waals surface area contributed by atoms with Gasteiger partial charge in [-0.15, -0.1) is 0 Å². The van der Waals surface area contributed by atoms with Crippen molar-refractivity contribution >= 4 is 33.1 Å². The molecule has 8 heteroatoms. The Balaban J connectivity index is 1.63. The maximum Gasteiger partial charge on any atom is 0.219 e. The molecule has 0 spiro atoms. The van der Waals surface area contributed by atoms with E-state index >= 15 is 0 Å². The third-order valence-electron chi connectivity index (χ3n) is 4.26. The molecule has 2 aliphatic rings. The fourth-order valence-corrected chi connectivity index (χ4v) is 5.35. The summed E-state index contributed by atoms with van der Waals surface area (Å²) in [5, 5.41) is 6.69. The Kier molecular flexibility index (Phi) is 6.02. The SMILES string of the molecule is CCC(=O)NCCCCCCN1C(=S)NC2CS(=O)(=O)CC21. The van der Waals surface area contributed by atoms with Crippen molar-refractivity contribution in [2.24, 2.45) is 0 Å². The maximum atomic E-state index is 11.7. The summed E-state index contributed by atoms with van der Waals surface area (Å²) < 4.78 is 23.4. The molecule has 2 aliphatic heterocycles. The molecule has 2 heterocycles. The second kappa shape index (κ2) is 7.59. The van der Waals surface area contributed by atoms with Crippen molar-refractivity contribution in [3.8, 4) is 0 Å². The molecule has 0 aromatic rings. The number of amides is 1. The monoisotopic (exact) mass is 347 g/mol. The Labute approximate surface area is 137 Å². The van der Waals surface area contributed by atoms with Crippen LogP contribution in [0.2, 0.25) is 0 Å². The van der Waals surface area contributed by atoms with Gasteiger partial charge >= 0.3 is 0 Å². The number of sulfone groups is 1. The van der Waals surface area contributed by atoms with Gasteiger partial charge in [-0.05, 0) is 25.1 Å². The van der Waals surface area contributed by atoms with E-state index in [1.54, 1.807) is 0 Å². The van der Waals surface area contributed by atoms with Crippen molar-refractivity contribution in [2.75, 3.05) is 24.6 Å². The van der Waals surface area contributed by atoms with Crippen LogP contribution in [0.3, 0.4) is 0 Å². The van der Waals surface area contributed by atoms with E-state index in [2.05, 4.69) is 10.6 Å². The van der Waals surface area contributed by atoms with Gasteiger partial charge in [-0.25, -0.2) is 8.42 Å². The zero-order chi connectivity index (χ0) is 16.2. The number of hydrogen-bond donors (Lipinski definition) is 2. The number of carbonyl (C=O) groups excluding carboxylic acids is 1. The van der Waals surface area contributed by atoms with E-state index in [9.17, 15) is 13.2 Å². The zero-order valence-electron chi connectivity index (χ0n) is 13.0. The number of nitrogens with one attached hydrogen (secondary N) is 2. The molecule has 1 amide bonds. The lowest BCUT2D eigenvalue weighted by atomic mass is 10.1. The van der Waals surface area contributed by atoms with Crippen molar-refractivity contribution in [3.05, 3.63) is 0 Å². The first kappa shape index (κ1) is 17.5. The minimum atomic E-state index is -2.92. The fourth-order valence-electron chi connectivity index (χ4n) is 3.05. The molecular weight excluding hydrogens is 322 g/mol. The van der Waals surface area contributed by atoms with Crippen LogP contribution in [0.4, 0.5) is 0 Å². The molecule has 2 saturated heterocycles. The average molecular weight is 348 g/mol. The molecule has 2 fully saturated rings. The molecule has 0 aromatic heterocycles. The summed E-state index contributed by atoms with van der Waals surface area (Å²) in [6, 6.07) is -0.0110. The summed E-state index contributed by atoms with van der Waals surface area (Å²) in [5.41, 5.74) is 0. The number of fused-ring (bicyclic) bond motifs is 1. The van der Waals surface area contributed by atoms with Crippen LogP contribution in [0.1, 0.15) is 39.0 Å². The topological polar surface area (TPSA) is 78.5 Å². The van der Waals surface area contributed by atoms with Crippen LogP contribution in [0.5, 0.6) is 0 Å². The molecule has 22 heavy (non-hydrogen) atoms. The third kappa shape index (κ3) is 4.55. The number of carbonyl (C=O) groups is 1. The predicted octanol–water partition coefficient (Wildman–Crippen LogP) is 0.429. The zero-order valence-corrected chi connectivity index (χ0v) is 14.6. The summed E-state index contributed by atoms with van der Waals surface area (Å²) in [5.74, 6) is 0.515. The van der Waals surface area contributed by atoms with Gasteiger partial charge in [0.25, 0.3) is 0 Å². The molecule has 0 bridgehead atoms. The molecule has 0 saturated carbocycles. The van der Waals surface area contributed by atoms with Crippen molar-refractivity contribution in [1.29, 1.82) is 0 Å². The van der Waals surface area contributed by atoms with Crippen LogP contribution in [0.15, 0.2) is 0 Å². The number of nitrogens with zero attached hydrogens (tertiary/aromatic N) is 1. The molecule has 0 radical (unpaired) electrons. The maximum absolute atomic E-state index is 11.7. The first-order valence-electron chi connectivity index (χ1n) is 7.97. The lowest BCUT2D eigenvalue weighted by Gasteiger charge is -2.23. The Morgan fingerprint density at radius 2 is 2.05 bits per heavy atom. The lowest BCUT2D eigenvalue weighted by Crippen LogP contribution is -2.37. The van der Waals surface area contributed by atoms with E-state index in [1.165, 1.54) is 0 Å². The van der Waals surface area contributed by atoms with Crippen molar-refractivity contribution in [3.63, 3.8) is 0 Å². The van der Waals surface area contributed by atoms with Gasteiger partial charge in [0.1, 0.15) is 0 Å². The van der Waals surface area contributed by atoms with Crippen LogP contribution in [0, 0.1) is 0 Å². The van der Waals surface area contributed by atoms with Crippen molar-refractivity contribution < 1.29 is 13.2 Å². The van der Waals surface area contributed by atoms with Crippen LogP contribution in [-0.4, -0.2) is 61.0 Å². The van der Waals surface area contributed by atoms with E-state index in [1.807, 2.05) is 11.8 Å². The molecule has 2 atom stereocenters.